The molecule has 3 amide bonds. The Kier molecular flexibility index (Phi) is 9.70. The molecule has 8 heteroatoms. The lowest BCUT2D eigenvalue weighted by Crippen LogP contribution is -2.53. The average molecular weight is 462 g/mol. The summed E-state index contributed by atoms with van der Waals surface area (Å²) in [6.07, 6.45) is 4.41. The van der Waals surface area contributed by atoms with Crippen LogP contribution in [0.4, 0.5) is 4.79 Å². The van der Waals surface area contributed by atoms with Crippen LogP contribution in [0.3, 0.4) is 0 Å². The molecule has 0 aliphatic heterocycles. The molecule has 184 valence electrons. The van der Waals surface area contributed by atoms with Crippen LogP contribution in [0.5, 0.6) is 0 Å². The summed E-state index contributed by atoms with van der Waals surface area (Å²) in [5.74, 6) is -0.746. The van der Waals surface area contributed by atoms with Crippen molar-refractivity contribution < 1.29 is 24.2 Å². The van der Waals surface area contributed by atoms with Gasteiger partial charge in [0, 0.05) is 12.6 Å². The number of hydrogen-bond acceptors (Lipinski definition) is 5. The lowest BCUT2D eigenvalue weighted by Gasteiger charge is -2.35. The van der Waals surface area contributed by atoms with E-state index in [9.17, 15) is 19.5 Å². The largest absolute Gasteiger partial charge is 0.444 e. The number of hydrogen-bond donors (Lipinski definition) is 3. The van der Waals surface area contributed by atoms with Crippen molar-refractivity contribution >= 4 is 17.9 Å². The minimum Gasteiger partial charge on any atom is -0.444 e. The van der Waals surface area contributed by atoms with Crippen molar-refractivity contribution in [1.29, 1.82) is 0 Å². The van der Waals surface area contributed by atoms with Gasteiger partial charge in [-0.25, -0.2) is 4.79 Å². The summed E-state index contributed by atoms with van der Waals surface area (Å²) in [6.45, 7) is 8.29. The van der Waals surface area contributed by atoms with Gasteiger partial charge >= 0.3 is 6.09 Å². The minimum absolute atomic E-state index is 0.0454. The molecule has 33 heavy (non-hydrogen) atoms. The summed E-state index contributed by atoms with van der Waals surface area (Å²) in [6, 6.07) is 5.62. The Labute approximate surface area is 197 Å². The summed E-state index contributed by atoms with van der Waals surface area (Å²) < 4.78 is 5.26. The predicted molar refractivity (Wildman–Crippen MR) is 127 cm³/mol. The van der Waals surface area contributed by atoms with E-state index in [1.54, 1.807) is 27.7 Å². The summed E-state index contributed by atoms with van der Waals surface area (Å²) in [7, 11) is 0. The molecule has 2 unspecified atom stereocenters. The van der Waals surface area contributed by atoms with Crippen molar-refractivity contribution in [3.8, 4) is 0 Å². The van der Waals surface area contributed by atoms with E-state index in [2.05, 4.69) is 10.6 Å². The Hall–Kier alpha value is -2.61. The van der Waals surface area contributed by atoms with Crippen molar-refractivity contribution in [2.45, 2.75) is 90.4 Å². The zero-order valence-electron chi connectivity index (χ0n) is 20.5. The third-order valence-electron chi connectivity index (χ3n) is 5.72. The second-order valence-corrected chi connectivity index (χ2v) is 9.73. The lowest BCUT2D eigenvalue weighted by atomic mass is 9.94. The highest BCUT2D eigenvalue weighted by Gasteiger charge is 2.36. The molecule has 3 N–H and O–H groups in total. The molecular weight excluding hydrogens is 422 g/mol. The first-order valence-electron chi connectivity index (χ1n) is 11.8. The van der Waals surface area contributed by atoms with Crippen molar-refractivity contribution in [2.75, 3.05) is 13.2 Å². The van der Waals surface area contributed by atoms with Crippen LogP contribution in [0.15, 0.2) is 24.3 Å². The minimum atomic E-state index is -0.944. The summed E-state index contributed by atoms with van der Waals surface area (Å²) in [5, 5.41) is 15.4. The molecule has 0 bridgehead atoms. The number of nitrogens with one attached hydrogen (secondary N) is 2. The van der Waals surface area contributed by atoms with E-state index in [1.165, 1.54) is 4.90 Å². The molecule has 1 aromatic rings. The van der Waals surface area contributed by atoms with E-state index in [0.717, 1.165) is 37.7 Å². The van der Waals surface area contributed by atoms with Crippen LogP contribution < -0.4 is 10.6 Å². The fraction of sp³-hybridized carbons (Fsp3) is 0.640. The fourth-order valence-corrected chi connectivity index (χ4v) is 4.14. The van der Waals surface area contributed by atoms with Gasteiger partial charge in [-0.15, -0.1) is 0 Å². The van der Waals surface area contributed by atoms with Crippen LogP contribution in [0.1, 0.15) is 77.0 Å². The van der Waals surface area contributed by atoms with Gasteiger partial charge in [-0.3, -0.25) is 9.59 Å². The Morgan fingerprint density at radius 3 is 2.36 bits per heavy atom. The van der Waals surface area contributed by atoms with Crippen molar-refractivity contribution in [2.24, 2.45) is 0 Å². The van der Waals surface area contributed by atoms with Crippen molar-refractivity contribution in [3.63, 3.8) is 0 Å². The number of carbonyl (C=O) groups excluding carboxylic acids is 3. The van der Waals surface area contributed by atoms with E-state index in [4.69, 9.17) is 4.74 Å². The van der Waals surface area contributed by atoms with Gasteiger partial charge in [0.25, 0.3) is 0 Å². The fourth-order valence-electron chi connectivity index (χ4n) is 4.14. The molecule has 1 aliphatic carbocycles. The molecule has 1 aliphatic rings. The van der Waals surface area contributed by atoms with E-state index < -0.39 is 29.7 Å². The molecule has 0 spiro atoms. The second-order valence-electron chi connectivity index (χ2n) is 9.73. The predicted octanol–water partition coefficient (Wildman–Crippen LogP) is 3.22. The molecule has 2 atom stereocenters. The van der Waals surface area contributed by atoms with E-state index in [1.807, 2.05) is 31.2 Å². The third-order valence-corrected chi connectivity index (χ3v) is 5.72. The Balaban J connectivity index is 2.31. The van der Waals surface area contributed by atoms with Gasteiger partial charge in [0.05, 0.1) is 6.61 Å². The number of aliphatic hydroxyl groups is 1. The first-order valence-corrected chi connectivity index (χ1v) is 11.8. The van der Waals surface area contributed by atoms with Gasteiger partial charge in [-0.1, -0.05) is 43.5 Å². The lowest BCUT2D eigenvalue weighted by molar-refractivity contribution is -0.143. The quantitative estimate of drug-likeness (QED) is 0.551. The van der Waals surface area contributed by atoms with Crippen LogP contribution in [-0.2, 0) is 14.3 Å². The number of ether oxygens (including phenoxy) is 1. The molecule has 0 aromatic heterocycles. The summed E-state index contributed by atoms with van der Waals surface area (Å²) >= 11 is 0. The molecule has 0 heterocycles. The van der Waals surface area contributed by atoms with Crippen molar-refractivity contribution in [3.05, 3.63) is 35.4 Å². The Bertz CT molecular complexity index is 815. The molecule has 2 rings (SSSR count). The molecule has 0 saturated heterocycles. The molecule has 8 nitrogen and oxygen atoms in total. The summed E-state index contributed by atoms with van der Waals surface area (Å²) in [4.78, 5) is 40.5. The van der Waals surface area contributed by atoms with E-state index >= 15 is 0 Å². The number of benzene rings is 1. The molecule has 0 radical (unpaired) electrons. The monoisotopic (exact) mass is 461 g/mol. The maximum absolute atomic E-state index is 13.5. The van der Waals surface area contributed by atoms with Gasteiger partial charge in [0.2, 0.25) is 11.8 Å². The average Bonchev–Trinajstić information content (AvgIpc) is 2.73. The van der Waals surface area contributed by atoms with Gasteiger partial charge < -0.3 is 25.4 Å². The molecule has 1 aromatic carbocycles. The number of alkyl carbamates (subject to hydrolysis) is 1. The zero-order valence-corrected chi connectivity index (χ0v) is 20.5. The maximum Gasteiger partial charge on any atom is 0.408 e. The van der Waals surface area contributed by atoms with Gasteiger partial charge in [-0.05, 0) is 58.6 Å². The topological polar surface area (TPSA) is 108 Å². The highest BCUT2D eigenvalue weighted by Crippen LogP contribution is 2.27. The van der Waals surface area contributed by atoms with Gasteiger partial charge in [0.15, 0.2) is 0 Å². The second kappa shape index (κ2) is 12.0. The number of rotatable bonds is 8. The highest BCUT2D eigenvalue weighted by atomic mass is 16.6. The standard InChI is InChI=1S/C25H39N3O5/c1-17-11-9-10-14-20(17)21(22(30)27-19-12-7-6-8-13-19)28(15-16-29)23(31)18(2)26-24(32)33-25(3,4)5/h9-11,14,18-19,21,29H,6-8,12-13,15-16H2,1-5H3,(H,26,32)(H,27,30). The Morgan fingerprint density at radius 1 is 1.15 bits per heavy atom. The van der Waals surface area contributed by atoms with Crippen LogP contribution in [0.2, 0.25) is 0 Å². The summed E-state index contributed by atoms with van der Waals surface area (Å²) in [5.41, 5.74) is 0.850. The third kappa shape index (κ3) is 8.03. The first kappa shape index (κ1) is 26.6. The van der Waals surface area contributed by atoms with Crippen molar-refractivity contribution in [1.82, 2.24) is 15.5 Å². The maximum atomic E-state index is 13.5. The van der Waals surface area contributed by atoms with E-state index in [0.29, 0.717) is 5.56 Å². The van der Waals surface area contributed by atoms with Crippen LogP contribution >= 0.6 is 0 Å². The molecule has 1 saturated carbocycles. The smallest absolute Gasteiger partial charge is 0.408 e. The van der Waals surface area contributed by atoms with Gasteiger partial charge in [0.1, 0.15) is 17.7 Å². The molecule has 1 fully saturated rings. The number of aliphatic hydroxyl groups excluding tert-OH is 1. The Morgan fingerprint density at radius 2 is 1.79 bits per heavy atom. The highest BCUT2D eigenvalue weighted by molar-refractivity contribution is 5.92. The van der Waals surface area contributed by atoms with Gasteiger partial charge in [-0.2, -0.15) is 0 Å². The van der Waals surface area contributed by atoms with Crippen LogP contribution in [0.25, 0.3) is 0 Å². The normalized spacial score (nSPS) is 16.4. The first-order chi connectivity index (χ1) is 15.5. The zero-order chi connectivity index (χ0) is 24.6. The number of nitrogens with zero attached hydrogens (tertiary/aromatic N) is 1. The number of carbonyl (C=O) groups is 3. The van der Waals surface area contributed by atoms with Crippen LogP contribution in [-0.4, -0.2) is 58.8 Å². The molecular formula is C25H39N3O5. The van der Waals surface area contributed by atoms with E-state index in [-0.39, 0.29) is 25.1 Å². The van der Waals surface area contributed by atoms with Crippen LogP contribution in [0, 0.1) is 6.92 Å². The number of aryl methyl sites for hydroxylation is 1. The SMILES string of the molecule is Cc1ccccc1C(C(=O)NC1CCCCC1)N(CCO)C(=O)C(C)NC(=O)OC(C)(C)C. The number of amides is 3.